The van der Waals surface area contributed by atoms with E-state index in [-0.39, 0.29) is 5.56 Å². The van der Waals surface area contributed by atoms with Crippen molar-refractivity contribution in [3.63, 3.8) is 0 Å². The first kappa shape index (κ1) is 12.7. The number of carboxylic acids is 1. The highest BCUT2D eigenvalue weighted by Gasteiger charge is 2.20. The largest absolute Gasteiger partial charge is 0.478 e. The molecule has 0 saturated heterocycles. The minimum Gasteiger partial charge on any atom is -0.478 e. The molecular formula is C14H15N3O3. The molecule has 0 saturated carbocycles. The van der Waals surface area contributed by atoms with Gasteiger partial charge >= 0.3 is 5.97 Å². The van der Waals surface area contributed by atoms with Gasteiger partial charge in [-0.05, 0) is 37.8 Å². The monoisotopic (exact) mass is 273 g/mol. The average Bonchev–Trinajstić information content (AvgIpc) is 3.03. The molecule has 2 aromatic rings. The highest BCUT2D eigenvalue weighted by Crippen LogP contribution is 2.25. The van der Waals surface area contributed by atoms with Crippen LogP contribution in [0.3, 0.4) is 0 Å². The summed E-state index contributed by atoms with van der Waals surface area (Å²) >= 11 is 0. The molecule has 1 aliphatic carbocycles. The smallest absolute Gasteiger partial charge is 0.339 e. The van der Waals surface area contributed by atoms with Crippen molar-refractivity contribution in [1.82, 2.24) is 9.97 Å². The van der Waals surface area contributed by atoms with Gasteiger partial charge in [-0.1, -0.05) is 0 Å². The fourth-order valence-corrected chi connectivity index (χ4v) is 2.41. The first-order valence-electron chi connectivity index (χ1n) is 6.55. The molecule has 2 heterocycles. The van der Waals surface area contributed by atoms with Crippen LogP contribution in [0.1, 0.15) is 39.7 Å². The zero-order valence-corrected chi connectivity index (χ0v) is 11.1. The van der Waals surface area contributed by atoms with Gasteiger partial charge in [-0.2, -0.15) is 0 Å². The number of hydrogen-bond acceptors (Lipinski definition) is 5. The summed E-state index contributed by atoms with van der Waals surface area (Å²) in [7, 11) is 0. The number of aromatic carboxylic acids is 1. The molecule has 0 fully saturated rings. The maximum absolute atomic E-state index is 11.3. The average molecular weight is 273 g/mol. The van der Waals surface area contributed by atoms with Crippen molar-refractivity contribution in [2.45, 2.75) is 32.7 Å². The SMILES string of the molecule is Cc1cnc(CNc2nc3c(cc2C(=O)O)CCC3)o1. The van der Waals surface area contributed by atoms with Crippen molar-refractivity contribution in [3.05, 3.63) is 40.7 Å². The third-order valence-electron chi connectivity index (χ3n) is 3.36. The lowest BCUT2D eigenvalue weighted by Gasteiger charge is -2.09. The predicted molar refractivity (Wildman–Crippen MR) is 71.8 cm³/mol. The van der Waals surface area contributed by atoms with E-state index in [1.807, 2.05) is 6.92 Å². The van der Waals surface area contributed by atoms with Gasteiger partial charge in [-0.25, -0.2) is 14.8 Å². The molecule has 0 radical (unpaired) electrons. The van der Waals surface area contributed by atoms with Gasteiger partial charge in [0.1, 0.15) is 17.1 Å². The van der Waals surface area contributed by atoms with Crippen LogP contribution >= 0.6 is 0 Å². The van der Waals surface area contributed by atoms with Gasteiger partial charge in [0, 0.05) is 5.69 Å². The second-order valence-corrected chi connectivity index (χ2v) is 4.87. The van der Waals surface area contributed by atoms with Crippen LogP contribution in [0.4, 0.5) is 5.82 Å². The molecule has 0 unspecified atom stereocenters. The number of nitrogens with one attached hydrogen (secondary N) is 1. The van der Waals surface area contributed by atoms with E-state index in [1.54, 1.807) is 12.3 Å². The molecule has 2 aromatic heterocycles. The molecule has 0 spiro atoms. The second-order valence-electron chi connectivity index (χ2n) is 4.87. The zero-order valence-electron chi connectivity index (χ0n) is 11.1. The van der Waals surface area contributed by atoms with Crippen LogP contribution < -0.4 is 5.32 Å². The Morgan fingerprint density at radius 3 is 3.05 bits per heavy atom. The normalized spacial score (nSPS) is 13.2. The fourth-order valence-electron chi connectivity index (χ4n) is 2.41. The molecule has 6 nitrogen and oxygen atoms in total. The third-order valence-corrected chi connectivity index (χ3v) is 3.36. The topological polar surface area (TPSA) is 88.2 Å². The third kappa shape index (κ3) is 2.36. The van der Waals surface area contributed by atoms with Crippen LogP contribution in [0.25, 0.3) is 0 Å². The standard InChI is InChI=1S/C14H15N3O3/c1-8-6-15-12(20-8)7-16-13-10(14(18)19)5-9-3-2-4-11(9)17-13/h5-6H,2-4,7H2,1H3,(H,16,17)(H,18,19). The Morgan fingerprint density at radius 2 is 2.35 bits per heavy atom. The second kappa shape index (κ2) is 4.96. The van der Waals surface area contributed by atoms with E-state index in [4.69, 9.17) is 4.42 Å². The van der Waals surface area contributed by atoms with Crippen molar-refractivity contribution in [3.8, 4) is 0 Å². The van der Waals surface area contributed by atoms with Crippen LogP contribution in [0.5, 0.6) is 0 Å². The molecule has 0 amide bonds. The number of nitrogens with zero attached hydrogens (tertiary/aromatic N) is 2. The Labute approximate surface area is 115 Å². The minimum atomic E-state index is -0.974. The van der Waals surface area contributed by atoms with Crippen LogP contribution in [0, 0.1) is 6.92 Å². The van der Waals surface area contributed by atoms with Gasteiger partial charge in [0.25, 0.3) is 0 Å². The number of pyridine rings is 1. The summed E-state index contributed by atoms with van der Waals surface area (Å²) in [6, 6.07) is 1.72. The van der Waals surface area contributed by atoms with E-state index in [9.17, 15) is 9.90 Å². The lowest BCUT2D eigenvalue weighted by atomic mass is 10.1. The molecule has 0 aromatic carbocycles. The molecule has 2 N–H and O–H groups in total. The van der Waals surface area contributed by atoms with E-state index in [1.165, 1.54) is 0 Å². The number of carboxylic acid groups (broad SMARTS) is 1. The lowest BCUT2D eigenvalue weighted by molar-refractivity contribution is 0.0697. The van der Waals surface area contributed by atoms with Crippen molar-refractivity contribution in [1.29, 1.82) is 0 Å². The quantitative estimate of drug-likeness (QED) is 0.887. The zero-order chi connectivity index (χ0) is 14.1. The van der Waals surface area contributed by atoms with Gasteiger partial charge in [0.2, 0.25) is 5.89 Å². The van der Waals surface area contributed by atoms with Crippen LogP contribution in [0.2, 0.25) is 0 Å². The molecular weight excluding hydrogens is 258 g/mol. The fraction of sp³-hybridized carbons (Fsp3) is 0.357. The summed E-state index contributed by atoms with van der Waals surface area (Å²) in [6.45, 7) is 2.13. The van der Waals surface area contributed by atoms with E-state index >= 15 is 0 Å². The highest BCUT2D eigenvalue weighted by atomic mass is 16.4. The van der Waals surface area contributed by atoms with Crippen molar-refractivity contribution < 1.29 is 14.3 Å². The van der Waals surface area contributed by atoms with Gasteiger partial charge in [-0.15, -0.1) is 0 Å². The number of hydrogen-bond donors (Lipinski definition) is 2. The summed E-state index contributed by atoms with van der Waals surface area (Å²) in [5, 5.41) is 12.3. The van der Waals surface area contributed by atoms with Crippen molar-refractivity contribution in [2.75, 3.05) is 5.32 Å². The number of aromatic nitrogens is 2. The van der Waals surface area contributed by atoms with Gasteiger partial charge in [0.15, 0.2) is 0 Å². The first-order valence-corrected chi connectivity index (χ1v) is 6.55. The number of oxazole rings is 1. The molecule has 20 heavy (non-hydrogen) atoms. The Balaban J connectivity index is 1.86. The Kier molecular flexibility index (Phi) is 3.14. The number of fused-ring (bicyclic) bond motifs is 1. The maximum Gasteiger partial charge on any atom is 0.339 e. The van der Waals surface area contributed by atoms with E-state index in [2.05, 4.69) is 15.3 Å². The summed E-state index contributed by atoms with van der Waals surface area (Å²) in [4.78, 5) is 19.8. The minimum absolute atomic E-state index is 0.203. The molecule has 0 bridgehead atoms. The van der Waals surface area contributed by atoms with Crippen LogP contribution in [-0.2, 0) is 19.4 Å². The van der Waals surface area contributed by atoms with Gasteiger partial charge in [-0.3, -0.25) is 0 Å². The summed E-state index contributed by atoms with van der Waals surface area (Å²) < 4.78 is 5.35. The Bertz CT molecular complexity index is 664. The van der Waals surface area contributed by atoms with E-state index in [0.29, 0.717) is 18.3 Å². The Hall–Kier alpha value is -2.37. The molecule has 104 valence electrons. The molecule has 6 heteroatoms. The predicted octanol–water partition coefficient (Wildman–Crippen LogP) is 2.18. The number of aryl methyl sites for hydroxylation is 3. The number of carbonyl (C=O) groups is 1. The number of anilines is 1. The van der Waals surface area contributed by atoms with Crippen LogP contribution in [-0.4, -0.2) is 21.0 Å². The van der Waals surface area contributed by atoms with E-state index in [0.717, 1.165) is 36.3 Å². The summed E-state index contributed by atoms with van der Waals surface area (Å²) in [5.74, 6) is 0.649. The molecule has 1 aliphatic rings. The maximum atomic E-state index is 11.3. The van der Waals surface area contributed by atoms with Crippen LogP contribution in [0.15, 0.2) is 16.7 Å². The van der Waals surface area contributed by atoms with Gasteiger partial charge < -0.3 is 14.8 Å². The molecule has 0 aliphatic heterocycles. The van der Waals surface area contributed by atoms with Gasteiger partial charge in [0.05, 0.1) is 12.7 Å². The first-order chi connectivity index (χ1) is 9.63. The van der Waals surface area contributed by atoms with Crippen molar-refractivity contribution >= 4 is 11.8 Å². The molecule has 3 rings (SSSR count). The van der Waals surface area contributed by atoms with E-state index < -0.39 is 5.97 Å². The Morgan fingerprint density at radius 1 is 1.50 bits per heavy atom. The summed E-state index contributed by atoms with van der Waals surface area (Å²) in [5.41, 5.74) is 2.23. The molecule has 0 atom stereocenters. The lowest BCUT2D eigenvalue weighted by Crippen LogP contribution is -2.10. The summed E-state index contributed by atoms with van der Waals surface area (Å²) in [6.07, 6.45) is 4.47. The number of rotatable bonds is 4. The van der Waals surface area contributed by atoms with Crippen molar-refractivity contribution in [2.24, 2.45) is 0 Å². The highest BCUT2D eigenvalue weighted by molar-refractivity contribution is 5.93.